The summed E-state index contributed by atoms with van der Waals surface area (Å²) >= 11 is 0. The summed E-state index contributed by atoms with van der Waals surface area (Å²) < 4.78 is 17.6. The molecule has 1 amide bonds. The molecule has 0 spiro atoms. The van der Waals surface area contributed by atoms with Gasteiger partial charge in [0.15, 0.2) is 0 Å². The molecule has 3 heterocycles. The number of fused-ring (bicyclic) bond motifs is 1. The number of carbonyl (C=O) groups excluding carboxylic acids is 1. The molecule has 206 valence electrons. The molecule has 0 aliphatic heterocycles. The van der Waals surface area contributed by atoms with Gasteiger partial charge in [0.25, 0.3) is 5.91 Å². The third-order valence-corrected chi connectivity index (χ3v) is 10.3. The van der Waals surface area contributed by atoms with Gasteiger partial charge in [0.1, 0.15) is 34.5 Å². The van der Waals surface area contributed by atoms with E-state index in [0.717, 1.165) is 11.9 Å². The number of imidazole rings is 1. The highest BCUT2D eigenvalue weighted by molar-refractivity contribution is 6.04. The van der Waals surface area contributed by atoms with Crippen LogP contribution in [0, 0.1) is 52.2 Å². The number of amides is 1. The second-order valence-electron chi connectivity index (χ2n) is 11.7. The Morgan fingerprint density at radius 3 is 2.49 bits per heavy atom. The minimum absolute atomic E-state index is 0.0501. The second-order valence-corrected chi connectivity index (χ2v) is 11.7. The lowest BCUT2D eigenvalue weighted by Gasteiger charge is -2.87. The smallest absolute Gasteiger partial charge is 0.309 e. The van der Waals surface area contributed by atoms with Gasteiger partial charge in [-0.05, 0) is 66.8 Å². The molecular formula is C30H26FN7O3. The largest absolute Gasteiger partial charge is 0.481 e. The van der Waals surface area contributed by atoms with E-state index in [0.29, 0.717) is 16.8 Å². The number of nitriles is 1. The Hall–Kier alpha value is -4.85. The van der Waals surface area contributed by atoms with Crippen LogP contribution in [0.4, 0.5) is 16.0 Å². The van der Waals surface area contributed by atoms with Crippen molar-refractivity contribution in [3.63, 3.8) is 0 Å². The molecule has 41 heavy (non-hydrogen) atoms. The summed E-state index contributed by atoms with van der Waals surface area (Å²) in [5.41, 5.74) is 6.58. The summed E-state index contributed by atoms with van der Waals surface area (Å²) in [6.07, 6.45) is 4.75. The Bertz CT molecular complexity index is 1830. The number of halogens is 1. The number of aromatic nitrogens is 4. The standard InChI is InChI=1S/C30H26FN7O3/c1-13-20-22-21(29(20,3)28(40)41)14(2)30(13,22)27-37-23(24-25(33)35-8-9-38(24)27)17-5-4-16(11-18(17)31)26(39)36-19-10-15(12-32)6-7-34-19/h4-11,13-14,20-22H,1-3H3,(H2,33,35)(H,40,41)(H,34,36,39). The van der Waals surface area contributed by atoms with Crippen molar-refractivity contribution in [2.75, 3.05) is 11.1 Å². The van der Waals surface area contributed by atoms with E-state index in [1.165, 1.54) is 30.5 Å². The summed E-state index contributed by atoms with van der Waals surface area (Å²) in [4.78, 5) is 38.3. The number of nitrogen functional groups attached to an aromatic ring is 1. The van der Waals surface area contributed by atoms with Gasteiger partial charge in [-0.25, -0.2) is 19.3 Å². The number of aliphatic carboxylic acids is 1. The number of nitrogens with zero attached hydrogens (tertiary/aromatic N) is 5. The highest BCUT2D eigenvalue weighted by atomic mass is 19.1. The topological polar surface area (TPSA) is 159 Å². The van der Waals surface area contributed by atoms with Crippen molar-refractivity contribution < 1.29 is 19.1 Å². The number of carboxylic acid groups (broad SMARTS) is 1. The fourth-order valence-corrected chi connectivity index (χ4v) is 8.71. The summed E-state index contributed by atoms with van der Waals surface area (Å²) in [5, 5.41) is 21.7. The summed E-state index contributed by atoms with van der Waals surface area (Å²) in [6, 6.07) is 9.03. The minimum atomic E-state index is -0.754. The Kier molecular flexibility index (Phi) is 4.97. The maximum absolute atomic E-state index is 15.7. The molecule has 4 atom stereocenters. The van der Waals surface area contributed by atoms with Crippen molar-refractivity contribution >= 4 is 29.0 Å². The molecule has 1 aromatic carbocycles. The Balaban J connectivity index is 1.28. The van der Waals surface area contributed by atoms with Crippen molar-refractivity contribution in [1.29, 1.82) is 5.26 Å². The molecule has 7 rings (SSSR count). The number of anilines is 2. The molecule has 3 aromatic heterocycles. The van der Waals surface area contributed by atoms with E-state index < -0.39 is 23.1 Å². The number of pyridine rings is 1. The summed E-state index contributed by atoms with van der Waals surface area (Å²) in [5.74, 6) is -0.475. The fourth-order valence-electron chi connectivity index (χ4n) is 8.71. The van der Waals surface area contributed by atoms with Gasteiger partial charge < -0.3 is 16.2 Å². The monoisotopic (exact) mass is 551 g/mol. The molecular weight excluding hydrogens is 525 g/mol. The third kappa shape index (κ3) is 2.86. The van der Waals surface area contributed by atoms with Gasteiger partial charge in [0.2, 0.25) is 0 Å². The molecule has 4 unspecified atom stereocenters. The number of carbonyl (C=O) groups is 2. The van der Waals surface area contributed by atoms with Crippen LogP contribution in [0.5, 0.6) is 0 Å². The van der Waals surface area contributed by atoms with Crippen molar-refractivity contribution in [3.05, 3.63) is 71.7 Å². The van der Waals surface area contributed by atoms with E-state index in [1.807, 2.05) is 17.4 Å². The SMILES string of the molecule is CC1C2C3C(C(C)C13c1nc(-c3ccc(C(=O)Nc4cc(C#N)ccn4)cc3F)c3c(N)nccn13)C2(C)C(=O)O. The van der Waals surface area contributed by atoms with Crippen LogP contribution in [0.2, 0.25) is 0 Å². The van der Waals surface area contributed by atoms with Crippen molar-refractivity contribution in [1.82, 2.24) is 19.4 Å². The van der Waals surface area contributed by atoms with Crippen LogP contribution in [-0.4, -0.2) is 36.3 Å². The average molecular weight is 552 g/mol. The van der Waals surface area contributed by atoms with E-state index >= 15 is 4.39 Å². The van der Waals surface area contributed by atoms with E-state index in [9.17, 15) is 14.7 Å². The third-order valence-electron chi connectivity index (χ3n) is 10.3. The van der Waals surface area contributed by atoms with Gasteiger partial charge in [-0.15, -0.1) is 0 Å². The molecule has 4 aromatic rings. The maximum Gasteiger partial charge on any atom is 0.309 e. The normalized spacial score (nSPS) is 30.8. The van der Waals surface area contributed by atoms with Gasteiger partial charge in [-0.1, -0.05) is 13.8 Å². The number of nitrogens with one attached hydrogen (secondary N) is 1. The quantitative estimate of drug-likeness (QED) is 0.334. The zero-order valence-electron chi connectivity index (χ0n) is 22.5. The van der Waals surface area contributed by atoms with Gasteiger partial charge in [0, 0.05) is 35.1 Å². The number of hydrogen-bond donors (Lipinski definition) is 3. The molecule has 11 heteroatoms. The summed E-state index contributed by atoms with van der Waals surface area (Å²) in [7, 11) is 0. The van der Waals surface area contributed by atoms with Crippen LogP contribution >= 0.6 is 0 Å². The van der Waals surface area contributed by atoms with Crippen LogP contribution in [0.1, 0.15) is 42.5 Å². The highest BCUT2D eigenvalue weighted by Crippen LogP contribution is 2.87. The Labute approximate surface area is 234 Å². The number of nitrogens with two attached hydrogens (primary N) is 1. The van der Waals surface area contributed by atoms with E-state index in [1.54, 1.807) is 12.4 Å². The summed E-state index contributed by atoms with van der Waals surface area (Å²) in [6.45, 7) is 6.04. The second kappa shape index (κ2) is 8.10. The molecule has 3 fully saturated rings. The molecule has 3 saturated carbocycles. The Morgan fingerprint density at radius 2 is 1.85 bits per heavy atom. The first-order valence-electron chi connectivity index (χ1n) is 13.4. The lowest BCUT2D eigenvalue weighted by atomic mass is 9.15. The van der Waals surface area contributed by atoms with Crippen molar-refractivity contribution in [3.8, 4) is 17.3 Å². The van der Waals surface area contributed by atoms with Crippen LogP contribution < -0.4 is 11.1 Å². The van der Waals surface area contributed by atoms with Crippen LogP contribution in [0.15, 0.2) is 48.9 Å². The molecule has 0 saturated heterocycles. The van der Waals surface area contributed by atoms with Gasteiger partial charge >= 0.3 is 5.97 Å². The average Bonchev–Trinajstić information content (AvgIpc) is 3.32. The lowest BCUT2D eigenvalue weighted by Crippen LogP contribution is -2.89. The molecule has 10 nitrogen and oxygen atoms in total. The Morgan fingerprint density at radius 1 is 1.12 bits per heavy atom. The van der Waals surface area contributed by atoms with E-state index in [-0.39, 0.29) is 57.8 Å². The number of rotatable bonds is 5. The van der Waals surface area contributed by atoms with Crippen LogP contribution in [-0.2, 0) is 10.2 Å². The zero-order valence-corrected chi connectivity index (χ0v) is 22.5. The first-order chi connectivity index (χ1) is 19.6. The highest BCUT2D eigenvalue weighted by Gasteiger charge is 2.90. The van der Waals surface area contributed by atoms with E-state index in [2.05, 4.69) is 29.1 Å². The maximum atomic E-state index is 15.7. The number of carboxylic acids is 1. The van der Waals surface area contributed by atoms with E-state index in [4.69, 9.17) is 16.0 Å². The van der Waals surface area contributed by atoms with Crippen LogP contribution in [0.25, 0.3) is 16.8 Å². The molecule has 3 aliphatic carbocycles. The molecule has 3 aliphatic rings. The van der Waals surface area contributed by atoms with Gasteiger partial charge in [0.05, 0.1) is 17.0 Å². The number of hydrogen-bond acceptors (Lipinski definition) is 7. The zero-order chi connectivity index (χ0) is 29.0. The molecule has 0 bridgehead atoms. The predicted molar refractivity (Wildman–Crippen MR) is 146 cm³/mol. The lowest BCUT2D eigenvalue weighted by molar-refractivity contribution is -0.381. The molecule has 0 radical (unpaired) electrons. The minimum Gasteiger partial charge on any atom is -0.481 e. The predicted octanol–water partition coefficient (Wildman–Crippen LogP) is 4.13. The van der Waals surface area contributed by atoms with Crippen molar-refractivity contribution in [2.24, 2.45) is 35.0 Å². The number of benzene rings is 1. The van der Waals surface area contributed by atoms with Gasteiger partial charge in [-0.3, -0.25) is 14.0 Å². The molecule has 4 N–H and O–H groups in total. The first kappa shape index (κ1) is 25.1. The fraction of sp³-hybridized carbons (Fsp3) is 0.333. The van der Waals surface area contributed by atoms with Crippen molar-refractivity contribution in [2.45, 2.75) is 26.2 Å². The van der Waals surface area contributed by atoms with Crippen LogP contribution in [0.3, 0.4) is 0 Å². The van der Waals surface area contributed by atoms with Gasteiger partial charge in [-0.2, -0.15) is 5.26 Å². The first-order valence-corrected chi connectivity index (χ1v) is 13.4.